The summed E-state index contributed by atoms with van der Waals surface area (Å²) in [6, 6.07) is 5.76. The van der Waals surface area contributed by atoms with E-state index in [4.69, 9.17) is 11.5 Å². The second-order valence-electron chi connectivity index (χ2n) is 6.39. The van der Waals surface area contributed by atoms with Crippen molar-refractivity contribution >= 4 is 11.7 Å². The summed E-state index contributed by atoms with van der Waals surface area (Å²) in [6.07, 6.45) is 1.26. The summed E-state index contributed by atoms with van der Waals surface area (Å²) in [6.45, 7) is 7.28. The van der Waals surface area contributed by atoms with Crippen molar-refractivity contribution < 1.29 is 42.3 Å². The van der Waals surface area contributed by atoms with Gasteiger partial charge >= 0.3 is 0 Å². The molecule has 0 aromatic heterocycles. The predicted molar refractivity (Wildman–Crippen MR) is 77.9 cm³/mol. The molecule has 1 aliphatic rings. The molecular weight excluding hydrogens is 341 g/mol. The quantitative estimate of drug-likeness (QED) is 0.833. The Balaban J connectivity index is 0.00000220. The summed E-state index contributed by atoms with van der Waals surface area (Å²) in [5.74, 6) is -0.651. The molecule has 1 amide bonds. The van der Waals surface area contributed by atoms with Crippen LogP contribution in [0.3, 0.4) is 0 Å². The Labute approximate surface area is 150 Å². The average Bonchev–Trinajstić information content (AvgIpc) is 2.65. The first-order valence-electron chi connectivity index (χ1n) is 6.66. The molecule has 1 aromatic carbocycles. The van der Waals surface area contributed by atoms with Crippen molar-refractivity contribution in [1.29, 1.82) is 0 Å². The number of carbonyl (C=O) groups excluding carboxylic acids is 2. The van der Waals surface area contributed by atoms with Crippen LogP contribution in [0.25, 0.3) is 5.73 Å². The van der Waals surface area contributed by atoms with Gasteiger partial charge in [0.25, 0.3) is 0 Å². The molecular formula is C16H20N2O2Y-2. The van der Waals surface area contributed by atoms with Gasteiger partial charge in [0.05, 0.1) is 5.54 Å². The topological polar surface area (TPSA) is 84.0 Å². The standard InChI is InChI=1S/C16H21N2O2.Y/c1-15(2,18)13(19)7-10-4-5-11-8-16(3,14(17)20)9-12(11)6-10;/h4-6H,3,7-9,18H2,1-2H3,(H2,17,20);/q-1;/p-1. The molecule has 3 N–H and O–H groups in total. The smallest absolute Gasteiger partial charge is 0.156 e. The van der Waals surface area contributed by atoms with Crippen molar-refractivity contribution in [3.05, 3.63) is 47.5 Å². The van der Waals surface area contributed by atoms with Crippen LogP contribution >= 0.6 is 0 Å². The number of hydrogen-bond acceptors (Lipinski definition) is 3. The van der Waals surface area contributed by atoms with Crippen molar-refractivity contribution in [2.24, 2.45) is 11.1 Å². The Bertz CT molecular complexity index is 578. The van der Waals surface area contributed by atoms with Crippen molar-refractivity contribution in [1.82, 2.24) is 0 Å². The van der Waals surface area contributed by atoms with Crippen LogP contribution in [0.15, 0.2) is 18.2 Å². The predicted octanol–water partition coefficient (Wildman–Crippen LogP) is 2.03. The molecule has 0 saturated carbocycles. The maximum Gasteiger partial charge on any atom is 0.156 e. The van der Waals surface area contributed by atoms with Gasteiger partial charge < -0.3 is 23.2 Å². The summed E-state index contributed by atoms with van der Waals surface area (Å²) in [4.78, 5) is 23.3. The first kappa shape index (κ1) is 18.5. The van der Waals surface area contributed by atoms with Crippen molar-refractivity contribution in [3.8, 4) is 0 Å². The van der Waals surface area contributed by atoms with Crippen LogP contribution in [-0.2, 0) is 61.6 Å². The molecule has 2 rings (SSSR count). The molecule has 111 valence electrons. The SMILES string of the molecule is [CH2-]C1(C([NH-])=O)Cc2ccc(CC(=O)C(C)(C)N)cc2C1.[Y]. The van der Waals surface area contributed by atoms with Crippen LogP contribution in [0.1, 0.15) is 30.5 Å². The molecule has 0 fully saturated rings. The summed E-state index contributed by atoms with van der Waals surface area (Å²) in [7, 11) is 0. The van der Waals surface area contributed by atoms with E-state index >= 15 is 0 Å². The number of nitrogens with two attached hydrogens (primary N) is 1. The number of Topliss-reactive ketones (excluding diaryl/α,β-unsaturated/α-hetero) is 1. The number of carbonyl (C=O) groups is 2. The largest absolute Gasteiger partial charge is 0.670 e. The molecule has 0 bridgehead atoms. The fourth-order valence-corrected chi connectivity index (χ4v) is 2.49. The van der Waals surface area contributed by atoms with E-state index in [9.17, 15) is 9.59 Å². The summed E-state index contributed by atoms with van der Waals surface area (Å²) in [5.41, 5.74) is 14.4. The van der Waals surface area contributed by atoms with Gasteiger partial charge in [0, 0.05) is 45.0 Å². The Morgan fingerprint density at radius 1 is 1.33 bits per heavy atom. The molecule has 1 aromatic rings. The molecule has 0 heterocycles. The number of hydrogen-bond donors (Lipinski definition) is 1. The zero-order valence-corrected chi connectivity index (χ0v) is 15.4. The van der Waals surface area contributed by atoms with Gasteiger partial charge in [-0.2, -0.15) is 0 Å². The first-order chi connectivity index (χ1) is 9.12. The second kappa shape index (κ2) is 6.27. The van der Waals surface area contributed by atoms with E-state index in [-0.39, 0.29) is 44.9 Å². The van der Waals surface area contributed by atoms with Gasteiger partial charge in [-0.1, -0.05) is 18.2 Å². The van der Waals surface area contributed by atoms with Crippen molar-refractivity contribution in [3.63, 3.8) is 0 Å². The molecule has 1 aliphatic carbocycles. The van der Waals surface area contributed by atoms with Crippen LogP contribution < -0.4 is 5.73 Å². The normalized spacial score (nSPS) is 20.6. The van der Waals surface area contributed by atoms with Crippen molar-refractivity contribution in [2.45, 2.75) is 38.6 Å². The van der Waals surface area contributed by atoms with E-state index in [1.165, 1.54) is 0 Å². The number of amides is 1. The molecule has 0 aliphatic heterocycles. The summed E-state index contributed by atoms with van der Waals surface area (Å²) >= 11 is 0. The minimum atomic E-state index is -0.863. The van der Waals surface area contributed by atoms with E-state index in [0.717, 1.165) is 16.7 Å². The third-order valence-corrected chi connectivity index (χ3v) is 3.89. The average molecular weight is 361 g/mol. The van der Waals surface area contributed by atoms with Crippen LogP contribution in [-0.4, -0.2) is 17.2 Å². The minimum absolute atomic E-state index is 0. The number of fused-ring (bicyclic) bond motifs is 1. The number of benzene rings is 1. The molecule has 5 heteroatoms. The van der Waals surface area contributed by atoms with Gasteiger partial charge in [-0.25, -0.2) is 0 Å². The molecule has 1 unspecified atom stereocenters. The van der Waals surface area contributed by atoms with E-state index in [1.807, 2.05) is 18.2 Å². The third kappa shape index (κ3) is 3.99. The monoisotopic (exact) mass is 361 g/mol. The number of ketones is 1. The maximum absolute atomic E-state index is 11.9. The van der Waals surface area contributed by atoms with E-state index < -0.39 is 16.9 Å². The van der Waals surface area contributed by atoms with Crippen LogP contribution in [0, 0.1) is 12.3 Å². The van der Waals surface area contributed by atoms with Gasteiger partial charge in [0.1, 0.15) is 0 Å². The van der Waals surface area contributed by atoms with Crippen LogP contribution in [0.2, 0.25) is 0 Å². The van der Waals surface area contributed by atoms with Crippen LogP contribution in [0.5, 0.6) is 0 Å². The fraction of sp³-hybridized carbons (Fsp3) is 0.438. The molecule has 0 spiro atoms. The van der Waals surface area contributed by atoms with E-state index in [2.05, 4.69) is 6.92 Å². The molecule has 0 saturated heterocycles. The first-order valence-corrected chi connectivity index (χ1v) is 6.66. The Morgan fingerprint density at radius 2 is 1.90 bits per heavy atom. The van der Waals surface area contributed by atoms with Gasteiger partial charge in [-0.05, 0) is 43.4 Å². The third-order valence-electron chi connectivity index (χ3n) is 3.89. The molecule has 21 heavy (non-hydrogen) atoms. The Kier molecular flexibility index (Phi) is 5.52. The number of rotatable bonds is 4. The van der Waals surface area contributed by atoms with Gasteiger partial charge in [0.15, 0.2) is 5.78 Å². The van der Waals surface area contributed by atoms with Gasteiger partial charge in [0.2, 0.25) is 0 Å². The van der Waals surface area contributed by atoms with Gasteiger partial charge in [-0.3, -0.25) is 4.79 Å². The summed E-state index contributed by atoms with van der Waals surface area (Å²) < 4.78 is 0. The minimum Gasteiger partial charge on any atom is -0.670 e. The number of nitrogens with one attached hydrogen (secondary N) is 1. The van der Waals surface area contributed by atoms with E-state index in [0.29, 0.717) is 12.8 Å². The fourth-order valence-electron chi connectivity index (χ4n) is 2.49. The molecule has 1 radical (unpaired) electrons. The Hall–Kier alpha value is -0.576. The van der Waals surface area contributed by atoms with E-state index in [1.54, 1.807) is 13.8 Å². The maximum atomic E-state index is 11.9. The van der Waals surface area contributed by atoms with Crippen LogP contribution in [0.4, 0.5) is 0 Å². The Morgan fingerprint density at radius 3 is 2.43 bits per heavy atom. The zero-order chi connectivity index (χ0) is 15.1. The zero-order valence-electron chi connectivity index (χ0n) is 12.5. The molecule has 1 atom stereocenters. The second-order valence-corrected chi connectivity index (χ2v) is 6.39. The molecule has 4 nitrogen and oxygen atoms in total. The van der Waals surface area contributed by atoms with Crippen molar-refractivity contribution in [2.75, 3.05) is 0 Å². The van der Waals surface area contributed by atoms with Gasteiger partial charge in [-0.15, -0.1) is 5.41 Å². The summed E-state index contributed by atoms with van der Waals surface area (Å²) in [5, 5.41) is 0.